The van der Waals surface area contributed by atoms with Crippen LogP contribution in [0.4, 0.5) is 5.82 Å². The molecule has 1 aromatic carbocycles. The van der Waals surface area contributed by atoms with Gasteiger partial charge in [-0.25, -0.2) is 0 Å². The topological polar surface area (TPSA) is 47.0 Å². The molecule has 2 aromatic rings. The third kappa shape index (κ3) is 2.91. The van der Waals surface area contributed by atoms with Gasteiger partial charge in [0.1, 0.15) is 0 Å². The second-order valence-corrected chi connectivity index (χ2v) is 3.93. The van der Waals surface area contributed by atoms with E-state index in [-0.39, 0.29) is 6.10 Å². The average molecular weight is 231 g/mol. The fourth-order valence-electron chi connectivity index (χ4n) is 1.74. The van der Waals surface area contributed by atoms with Crippen LogP contribution in [0.1, 0.15) is 13.8 Å². The van der Waals surface area contributed by atoms with Crippen LogP contribution >= 0.6 is 0 Å². The number of nitrogens with zero attached hydrogens (tertiary/aromatic N) is 2. The lowest BCUT2D eigenvalue weighted by Gasteiger charge is -2.13. The molecule has 0 saturated carbocycles. The maximum Gasteiger partial charge on any atom is 0.156 e. The first kappa shape index (κ1) is 11.8. The van der Waals surface area contributed by atoms with Crippen LogP contribution in [-0.4, -0.2) is 29.5 Å². The van der Waals surface area contributed by atoms with Crippen molar-refractivity contribution < 1.29 is 4.74 Å². The minimum absolute atomic E-state index is 0.167. The summed E-state index contributed by atoms with van der Waals surface area (Å²) < 4.78 is 5.46. The molecule has 1 atom stereocenters. The monoisotopic (exact) mass is 231 g/mol. The van der Waals surface area contributed by atoms with E-state index in [0.717, 1.165) is 29.7 Å². The largest absolute Gasteiger partial charge is 0.377 e. The SMILES string of the molecule is CCOC(C)CNc1nncc2ccccc12. The zero-order chi connectivity index (χ0) is 12.1. The van der Waals surface area contributed by atoms with Gasteiger partial charge in [-0.05, 0) is 13.8 Å². The Hall–Kier alpha value is -1.68. The van der Waals surface area contributed by atoms with Gasteiger partial charge in [-0.3, -0.25) is 0 Å². The Morgan fingerprint density at radius 3 is 3.00 bits per heavy atom. The maximum absolute atomic E-state index is 5.46. The van der Waals surface area contributed by atoms with E-state index in [9.17, 15) is 0 Å². The molecule has 0 bridgehead atoms. The van der Waals surface area contributed by atoms with Crippen molar-refractivity contribution >= 4 is 16.6 Å². The maximum atomic E-state index is 5.46. The van der Waals surface area contributed by atoms with E-state index in [2.05, 4.69) is 15.5 Å². The summed E-state index contributed by atoms with van der Waals surface area (Å²) in [5, 5.41) is 13.6. The van der Waals surface area contributed by atoms with Crippen molar-refractivity contribution in [2.75, 3.05) is 18.5 Å². The third-order valence-corrected chi connectivity index (χ3v) is 2.58. The van der Waals surface area contributed by atoms with Crippen LogP contribution in [-0.2, 0) is 4.74 Å². The van der Waals surface area contributed by atoms with Gasteiger partial charge in [0.05, 0.1) is 12.3 Å². The zero-order valence-corrected chi connectivity index (χ0v) is 10.2. The number of hydrogen-bond donors (Lipinski definition) is 1. The van der Waals surface area contributed by atoms with Gasteiger partial charge in [-0.1, -0.05) is 24.3 Å². The molecule has 1 heterocycles. The number of fused-ring (bicyclic) bond motifs is 1. The van der Waals surface area contributed by atoms with Crippen molar-refractivity contribution in [2.45, 2.75) is 20.0 Å². The van der Waals surface area contributed by atoms with E-state index in [1.54, 1.807) is 6.20 Å². The molecule has 1 unspecified atom stereocenters. The normalized spacial score (nSPS) is 12.6. The van der Waals surface area contributed by atoms with Crippen LogP contribution in [0.25, 0.3) is 10.8 Å². The lowest BCUT2D eigenvalue weighted by molar-refractivity contribution is 0.0855. The second-order valence-electron chi connectivity index (χ2n) is 3.93. The van der Waals surface area contributed by atoms with Crippen molar-refractivity contribution in [1.82, 2.24) is 10.2 Å². The van der Waals surface area contributed by atoms with Crippen molar-refractivity contribution in [3.05, 3.63) is 30.5 Å². The minimum Gasteiger partial charge on any atom is -0.377 e. The predicted octanol–water partition coefficient (Wildman–Crippen LogP) is 2.47. The minimum atomic E-state index is 0.167. The third-order valence-electron chi connectivity index (χ3n) is 2.58. The molecule has 4 heteroatoms. The molecule has 0 spiro atoms. The number of rotatable bonds is 5. The summed E-state index contributed by atoms with van der Waals surface area (Å²) in [5.41, 5.74) is 0. The highest BCUT2D eigenvalue weighted by molar-refractivity contribution is 5.90. The number of benzene rings is 1. The van der Waals surface area contributed by atoms with Gasteiger partial charge in [0.25, 0.3) is 0 Å². The summed E-state index contributed by atoms with van der Waals surface area (Å²) in [6.07, 6.45) is 1.94. The molecule has 0 fully saturated rings. The molecule has 1 N–H and O–H groups in total. The van der Waals surface area contributed by atoms with Crippen LogP contribution in [0, 0.1) is 0 Å². The number of aromatic nitrogens is 2. The Bertz CT molecular complexity index is 482. The smallest absolute Gasteiger partial charge is 0.156 e. The van der Waals surface area contributed by atoms with Gasteiger partial charge in [0.15, 0.2) is 5.82 Å². The quantitative estimate of drug-likeness (QED) is 0.858. The molecule has 0 radical (unpaired) electrons. The van der Waals surface area contributed by atoms with E-state index < -0.39 is 0 Å². The summed E-state index contributed by atoms with van der Waals surface area (Å²) in [6, 6.07) is 8.07. The number of anilines is 1. The van der Waals surface area contributed by atoms with E-state index in [4.69, 9.17) is 4.74 Å². The van der Waals surface area contributed by atoms with Crippen molar-refractivity contribution in [2.24, 2.45) is 0 Å². The molecule has 0 aliphatic carbocycles. The van der Waals surface area contributed by atoms with E-state index >= 15 is 0 Å². The first-order valence-electron chi connectivity index (χ1n) is 5.87. The molecule has 90 valence electrons. The molecule has 0 saturated heterocycles. The summed E-state index contributed by atoms with van der Waals surface area (Å²) in [4.78, 5) is 0. The molecular weight excluding hydrogens is 214 g/mol. The molecule has 0 aliphatic heterocycles. The highest BCUT2D eigenvalue weighted by Crippen LogP contribution is 2.18. The Kier molecular flexibility index (Phi) is 3.88. The first-order chi connectivity index (χ1) is 8.31. The molecule has 4 nitrogen and oxygen atoms in total. The Morgan fingerprint density at radius 1 is 1.35 bits per heavy atom. The van der Waals surface area contributed by atoms with Gasteiger partial charge < -0.3 is 10.1 Å². The number of hydrogen-bond acceptors (Lipinski definition) is 4. The summed E-state index contributed by atoms with van der Waals surface area (Å²) in [5.74, 6) is 0.814. The van der Waals surface area contributed by atoms with E-state index in [1.165, 1.54) is 0 Å². The average Bonchev–Trinajstić information content (AvgIpc) is 2.36. The molecule has 0 aliphatic rings. The summed E-state index contributed by atoms with van der Waals surface area (Å²) >= 11 is 0. The van der Waals surface area contributed by atoms with Gasteiger partial charge in [0.2, 0.25) is 0 Å². The molecule has 2 rings (SSSR count). The van der Waals surface area contributed by atoms with Gasteiger partial charge in [-0.2, -0.15) is 5.10 Å². The summed E-state index contributed by atoms with van der Waals surface area (Å²) in [7, 11) is 0. The van der Waals surface area contributed by atoms with Crippen molar-refractivity contribution in [3.63, 3.8) is 0 Å². The lowest BCUT2D eigenvalue weighted by Crippen LogP contribution is -2.20. The Morgan fingerprint density at radius 2 is 2.18 bits per heavy atom. The van der Waals surface area contributed by atoms with Gasteiger partial charge >= 0.3 is 0 Å². The van der Waals surface area contributed by atoms with Gasteiger partial charge in [0, 0.05) is 23.9 Å². The van der Waals surface area contributed by atoms with E-state index in [0.29, 0.717) is 0 Å². The Labute approximate surface area is 101 Å². The number of nitrogens with one attached hydrogen (secondary N) is 1. The number of ether oxygens (including phenoxy) is 1. The molecular formula is C13H17N3O. The molecule has 0 amide bonds. The van der Waals surface area contributed by atoms with Gasteiger partial charge in [-0.15, -0.1) is 5.10 Å². The van der Waals surface area contributed by atoms with Crippen LogP contribution in [0.2, 0.25) is 0 Å². The molecule has 17 heavy (non-hydrogen) atoms. The molecule has 1 aromatic heterocycles. The van der Waals surface area contributed by atoms with Crippen LogP contribution in [0.5, 0.6) is 0 Å². The van der Waals surface area contributed by atoms with Crippen LogP contribution < -0.4 is 5.32 Å². The van der Waals surface area contributed by atoms with Crippen molar-refractivity contribution in [3.8, 4) is 0 Å². The van der Waals surface area contributed by atoms with Crippen molar-refractivity contribution in [1.29, 1.82) is 0 Å². The fourth-order valence-corrected chi connectivity index (χ4v) is 1.74. The Balaban J connectivity index is 2.13. The standard InChI is InChI=1S/C13H17N3O/c1-3-17-10(2)8-14-13-12-7-5-4-6-11(12)9-15-16-13/h4-7,9-10H,3,8H2,1-2H3,(H,14,16). The van der Waals surface area contributed by atoms with Crippen LogP contribution in [0.15, 0.2) is 30.5 Å². The first-order valence-corrected chi connectivity index (χ1v) is 5.87. The lowest BCUT2D eigenvalue weighted by atomic mass is 10.2. The van der Waals surface area contributed by atoms with Crippen LogP contribution in [0.3, 0.4) is 0 Å². The summed E-state index contributed by atoms with van der Waals surface area (Å²) in [6.45, 7) is 5.49. The fraction of sp³-hybridized carbons (Fsp3) is 0.385. The zero-order valence-electron chi connectivity index (χ0n) is 10.2. The predicted molar refractivity (Wildman–Crippen MR) is 69.1 cm³/mol. The second kappa shape index (κ2) is 5.59. The highest BCUT2D eigenvalue weighted by atomic mass is 16.5. The highest BCUT2D eigenvalue weighted by Gasteiger charge is 2.05. The van der Waals surface area contributed by atoms with E-state index in [1.807, 2.05) is 38.1 Å².